The summed E-state index contributed by atoms with van der Waals surface area (Å²) in [7, 11) is 3.90. The number of Topliss-reactive ketones (excluding diaryl/α,β-unsaturated/α-hetero) is 1. The Hall–Kier alpha value is -2.74. The van der Waals surface area contributed by atoms with Crippen molar-refractivity contribution in [3.63, 3.8) is 0 Å². The van der Waals surface area contributed by atoms with Gasteiger partial charge < -0.3 is 15.4 Å². The van der Waals surface area contributed by atoms with Gasteiger partial charge >= 0.3 is 0 Å². The number of rotatable bonds is 3. The van der Waals surface area contributed by atoms with Gasteiger partial charge in [-0.15, -0.1) is 0 Å². The molecule has 0 saturated carbocycles. The molecule has 1 aliphatic rings. The summed E-state index contributed by atoms with van der Waals surface area (Å²) < 4.78 is 5.36. The maximum absolute atomic E-state index is 12.0. The quantitative estimate of drug-likeness (QED) is 0.927. The first-order valence-electron chi connectivity index (χ1n) is 6.93. The summed E-state index contributed by atoms with van der Waals surface area (Å²) in [5.41, 5.74) is 8.46. The Bertz CT molecular complexity index is 706. The van der Waals surface area contributed by atoms with Crippen LogP contribution in [0.2, 0.25) is 0 Å². The van der Waals surface area contributed by atoms with Crippen LogP contribution in [0.3, 0.4) is 0 Å². The first-order valence-corrected chi connectivity index (χ1v) is 6.93. The lowest BCUT2D eigenvalue weighted by Gasteiger charge is -2.27. The van der Waals surface area contributed by atoms with E-state index in [0.29, 0.717) is 11.3 Å². The number of hydrogen-bond acceptors (Lipinski definition) is 5. The zero-order valence-electron chi connectivity index (χ0n) is 13.2. The number of nitriles is 1. The third-order valence-corrected chi connectivity index (χ3v) is 3.73. The zero-order valence-corrected chi connectivity index (χ0v) is 13.2. The number of ether oxygens (including phenoxy) is 1. The minimum Gasteiger partial charge on any atom is -0.445 e. The van der Waals surface area contributed by atoms with Gasteiger partial charge in [-0.3, -0.25) is 4.79 Å². The highest BCUT2D eigenvalue weighted by Gasteiger charge is 2.33. The molecule has 0 radical (unpaired) electrons. The fraction of sp³-hybridized carbons (Fsp3) is 0.294. The molecule has 0 bridgehead atoms. The number of carbonyl (C=O) groups is 1. The number of anilines is 1. The van der Waals surface area contributed by atoms with Crippen molar-refractivity contribution in [3.8, 4) is 6.07 Å². The van der Waals surface area contributed by atoms with Crippen LogP contribution in [0.25, 0.3) is 0 Å². The number of allylic oxidation sites excluding steroid dienone is 3. The van der Waals surface area contributed by atoms with E-state index in [4.69, 9.17) is 10.5 Å². The van der Waals surface area contributed by atoms with Crippen molar-refractivity contribution >= 4 is 11.5 Å². The van der Waals surface area contributed by atoms with E-state index in [1.54, 1.807) is 6.92 Å². The average molecular weight is 297 g/mol. The van der Waals surface area contributed by atoms with Crippen molar-refractivity contribution in [2.45, 2.75) is 19.8 Å². The Morgan fingerprint density at radius 2 is 1.91 bits per heavy atom. The van der Waals surface area contributed by atoms with Gasteiger partial charge in [0, 0.05) is 25.4 Å². The highest BCUT2D eigenvalue weighted by Crippen LogP contribution is 2.39. The summed E-state index contributed by atoms with van der Waals surface area (Å²) in [6.45, 7) is 3.17. The summed E-state index contributed by atoms with van der Waals surface area (Å²) in [4.78, 5) is 14.0. The van der Waals surface area contributed by atoms with Crippen LogP contribution in [-0.2, 0) is 9.53 Å². The normalized spacial score (nSPS) is 17.9. The maximum Gasteiger partial charge on any atom is 0.205 e. The molecule has 1 aromatic carbocycles. The van der Waals surface area contributed by atoms with E-state index in [1.165, 1.54) is 6.92 Å². The fourth-order valence-electron chi connectivity index (χ4n) is 2.63. The van der Waals surface area contributed by atoms with Gasteiger partial charge in [-0.25, -0.2) is 0 Å². The van der Waals surface area contributed by atoms with E-state index in [2.05, 4.69) is 6.07 Å². The van der Waals surface area contributed by atoms with Crippen molar-refractivity contribution < 1.29 is 9.53 Å². The topological polar surface area (TPSA) is 79.3 Å². The van der Waals surface area contributed by atoms with E-state index in [9.17, 15) is 10.1 Å². The largest absolute Gasteiger partial charge is 0.445 e. The van der Waals surface area contributed by atoms with Crippen molar-refractivity contribution in [1.29, 1.82) is 5.26 Å². The SMILES string of the molecule is CC(=O)C1=C(C)OC(N)=C(C#N)C1c1ccc(N(C)C)cc1. The molecule has 0 spiro atoms. The summed E-state index contributed by atoms with van der Waals surface area (Å²) in [5, 5.41) is 9.41. The lowest BCUT2D eigenvalue weighted by atomic mass is 9.81. The third-order valence-electron chi connectivity index (χ3n) is 3.73. The maximum atomic E-state index is 12.0. The number of nitrogens with two attached hydrogens (primary N) is 1. The summed E-state index contributed by atoms with van der Waals surface area (Å²) in [6.07, 6.45) is 0. The second kappa shape index (κ2) is 5.94. The summed E-state index contributed by atoms with van der Waals surface area (Å²) in [6, 6.07) is 9.79. The predicted octanol–water partition coefficient (Wildman–Crippen LogP) is 2.42. The highest BCUT2D eigenvalue weighted by molar-refractivity contribution is 5.96. The van der Waals surface area contributed by atoms with Gasteiger partial charge in [0.25, 0.3) is 0 Å². The molecule has 1 atom stereocenters. The van der Waals surface area contributed by atoms with Crippen molar-refractivity contribution in [2.75, 3.05) is 19.0 Å². The Morgan fingerprint density at radius 3 is 2.36 bits per heavy atom. The van der Waals surface area contributed by atoms with Crippen LogP contribution >= 0.6 is 0 Å². The highest BCUT2D eigenvalue weighted by atomic mass is 16.5. The van der Waals surface area contributed by atoms with Crippen LogP contribution in [0.5, 0.6) is 0 Å². The molecule has 1 unspecified atom stereocenters. The molecule has 1 aliphatic heterocycles. The van der Waals surface area contributed by atoms with E-state index < -0.39 is 5.92 Å². The van der Waals surface area contributed by atoms with Gasteiger partial charge in [-0.1, -0.05) is 12.1 Å². The Morgan fingerprint density at radius 1 is 1.32 bits per heavy atom. The molecule has 5 nitrogen and oxygen atoms in total. The molecule has 0 aromatic heterocycles. The Kier molecular flexibility index (Phi) is 4.22. The first kappa shape index (κ1) is 15.6. The molecule has 0 fully saturated rings. The van der Waals surface area contributed by atoms with Crippen molar-refractivity contribution in [2.24, 2.45) is 5.73 Å². The van der Waals surface area contributed by atoms with Gasteiger partial charge in [0.15, 0.2) is 5.78 Å². The van der Waals surface area contributed by atoms with E-state index >= 15 is 0 Å². The molecule has 1 aromatic rings. The number of nitrogens with zero attached hydrogens (tertiary/aromatic N) is 2. The van der Waals surface area contributed by atoms with Crippen LogP contribution in [0.15, 0.2) is 47.1 Å². The van der Waals surface area contributed by atoms with Crippen LogP contribution in [0, 0.1) is 11.3 Å². The van der Waals surface area contributed by atoms with Gasteiger partial charge in [0.2, 0.25) is 5.88 Å². The molecule has 1 heterocycles. The lowest BCUT2D eigenvalue weighted by molar-refractivity contribution is -0.114. The smallest absolute Gasteiger partial charge is 0.205 e. The van der Waals surface area contributed by atoms with E-state index in [1.807, 2.05) is 43.3 Å². The van der Waals surface area contributed by atoms with Crippen LogP contribution in [0.1, 0.15) is 25.3 Å². The molecule has 22 heavy (non-hydrogen) atoms. The molecule has 2 N–H and O–H groups in total. The molecule has 2 rings (SSSR count). The molecular weight excluding hydrogens is 278 g/mol. The number of carbonyl (C=O) groups excluding carboxylic acids is 1. The van der Waals surface area contributed by atoms with Gasteiger partial charge in [0.1, 0.15) is 17.4 Å². The fourth-order valence-corrected chi connectivity index (χ4v) is 2.63. The second-order valence-corrected chi connectivity index (χ2v) is 5.44. The van der Waals surface area contributed by atoms with Gasteiger partial charge in [-0.05, 0) is 31.5 Å². The monoisotopic (exact) mass is 297 g/mol. The summed E-state index contributed by atoms with van der Waals surface area (Å²) in [5.74, 6) is -0.0933. The van der Waals surface area contributed by atoms with E-state index in [-0.39, 0.29) is 17.2 Å². The molecule has 5 heteroatoms. The van der Waals surface area contributed by atoms with Gasteiger partial charge in [0.05, 0.1) is 5.92 Å². The predicted molar refractivity (Wildman–Crippen MR) is 84.8 cm³/mol. The minimum absolute atomic E-state index is 0.0617. The van der Waals surface area contributed by atoms with Crippen LogP contribution < -0.4 is 10.6 Å². The Labute approximate surface area is 130 Å². The molecular formula is C17H19N3O2. The average Bonchev–Trinajstić information content (AvgIpc) is 2.46. The Balaban J connectivity index is 2.58. The molecule has 0 saturated heterocycles. The zero-order chi connectivity index (χ0) is 16.4. The second-order valence-electron chi connectivity index (χ2n) is 5.44. The molecule has 0 aliphatic carbocycles. The number of ketones is 1. The molecule has 114 valence electrons. The first-order chi connectivity index (χ1) is 10.4. The van der Waals surface area contributed by atoms with Crippen molar-refractivity contribution in [1.82, 2.24) is 0 Å². The van der Waals surface area contributed by atoms with Crippen LogP contribution in [-0.4, -0.2) is 19.9 Å². The van der Waals surface area contributed by atoms with Gasteiger partial charge in [-0.2, -0.15) is 5.26 Å². The minimum atomic E-state index is -0.479. The standard InChI is InChI=1S/C17H19N3O2/c1-10(21)15-11(2)22-17(19)14(9-18)16(15)12-5-7-13(8-6-12)20(3)4/h5-8,16H,19H2,1-4H3. The number of hydrogen-bond donors (Lipinski definition) is 1. The summed E-state index contributed by atoms with van der Waals surface area (Å²) >= 11 is 0. The van der Waals surface area contributed by atoms with E-state index in [0.717, 1.165) is 11.3 Å². The third kappa shape index (κ3) is 2.68. The van der Waals surface area contributed by atoms with Crippen molar-refractivity contribution in [3.05, 3.63) is 52.6 Å². The molecule has 0 amide bonds. The van der Waals surface area contributed by atoms with Crippen LogP contribution in [0.4, 0.5) is 5.69 Å². The number of benzene rings is 1. The lowest BCUT2D eigenvalue weighted by Crippen LogP contribution is -2.23.